The maximum Gasteiger partial charge on any atom is 0.257 e. The molecule has 7 heteroatoms. The van der Waals surface area contributed by atoms with Gasteiger partial charge in [-0.25, -0.2) is 18.1 Å². The van der Waals surface area contributed by atoms with Crippen molar-refractivity contribution in [3.05, 3.63) is 12.0 Å². The van der Waals surface area contributed by atoms with E-state index in [-0.39, 0.29) is 5.03 Å². The Morgan fingerprint density at radius 3 is 2.71 bits per heavy atom. The molecule has 0 aromatic carbocycles. The van der Waals surface area contributed by atoms with Crippen molar-refractivity contribution in [2.75, 3.05) is 20.1 Å². The summed E-state index contributed by atoms with van der Waals surface area (Å²) in [6.07, 6.45) is 8.71. The van der Waals surface area contributed by atoms with Crippen molar-refractivity contribution in [1.29, 1.82) is 0 Å². The molecular weight excluding hydrogens is 288 g/mol. The number of hydrogen-bond donors (Lipinski definition) is 2. The molecule has 1 aliphatic rings. The van der Waals surface area contributed by atoms with Gasteiger partial charge in [0.1, 0.15) is 5.82 Å². The van der Waals surface area contributed by atoms with Gasteiger partial charge in [0.15, 0.2) is 5.03 Å². The van der Waals surface area contributed by atoms with Crippen LogP contribution in [-0.2, 0) is 10.0 Å². The molecule has 1 aliphatic carbocycles. The van der Waals surface area contributed by atoms with Crippen LogP contribution in [0, 0.1) is 6.92 Å². The van der Waals surface area contributed by atoms with E-state index in [2.05, 4.69) is 26.6 Å². The van der Waals surface area contributed by atoms with E-state index < -0.39 is 10.0 Å². The Hall–Kier alpha value is -0.920. The van der Waals surface area contributed by atoms with E-state index in [0.29, 0.717) is 18.4 Å². The van der Waals surface area contributed by atoms with Crippen LogP contribution < -0.4 is 4.72 Å². The molecule has 1 heterocycles. The minimum absolute atomic E-state index is 0.139. The molecule has 6 nitrogen and oxygen atoms in total. The standard InChI is InChI=1S/C14H26N4O2S/c1-12-15-11-14(17-12)21(19,20)16-9-6-10-18(2)13-7-4-3-5-8-13/h11,13,16H,3-10H2,1-2H3,(H,15,17). The van der Waals surface area contributed by atoms with Gasteiger partial charge in [0.2, 0.25) is 0 Å². The van der Waals surface area contributed by atoms with Crippen LogP contribution in [0.1, 0.15) is 44.3 Å². The minimum atomic E-state index is -3.45. The molecule has 0 bridgehead atoms. The number of nitrogens with zero attached hydrogens (tertiary/aromatic N) is 2. The highest BCUT2D eigenvalue weighted by atomic mass is 32.2. The smallest absolute Gasteiger partial charge is 0.257 e. The summed E-state index contributed by atoms with van der Waals surface area (Å²) in [6.45, 7) is 3.12. The van der Waals surface area contributed by atoms with Gasteiger partial charge in [-0.05, 0) is 39.8 Å². The Bertz CT molecular complexity index is 535. The van der Waals surface area contributed by atoms with Gasteiger partial charge in [0.05, 0.1) is 6.20 Å². The highest BCUT2D eigenvalue weighted by Gasteiger charge is 2.18. The van der Waals surface area contributed by atoms with E-state index in [4.69, 9.17) is 0 Å². The first-order chi connectivity index (χ1) is 9.99. The second-order valence-electron chi connectivity index (χ2n) is 5.86. The fourth-order valence-electron chi connectivity index (χ4n) is 2.85. The number of sulfonamides is 1. The van der Waals surface area contributed by atoms with Gasteiger partial charge >= 0.3 is 0 Å². The van der Waals surface area contributed by atoms with Crippen LogP contribution in [0.5, 0.6) is 0 Å². The predicted octanol–water partition coefficient (Wildman–Crippen LogP) is 1.65. The monoisotopic (exact) mass is 314 g/mol. The van der Waals surface area contributed by atoms with Crippen LogP contribution in [-0.4, -0.2) is 49.5 Å². The highest BCUT2D eigenvalue weighted by molar-refractivity contribution is 7.89. The fraction of sp³-hybridized carbons (Fsp3) is 0.786. The van der Waals surface area contributed by atoms with Gasteiger partial charge in [0.25, 0.3) is 10.0 Å². The molecule has 0 radical (unpaired) electrons. The van der Waals surface area contributed by atoms with Gasteiger partial charge in [0, 0.05) is 12.6 Å². The third-order valence-corrected chi connectivity index (χ3v) is 5.52. The lowest BCUT2D eigenvalue weighted by molar-refractivity contribution is 0.190. The third kappa shape index (κ3) is 4.79. The Labute approximate surface area is 127 Å². The van der Waals surface area contributed by atoms with Crippen molar-refractivity contribution < 1.29 is 8.42 Å². The van der Waals surface area contributed by atoms with E-state index >= 15 is 0 Å². The summed E-state index contributed by atoms with van der Waals surface area (Å²) in [6, 6.07) is 0.672. The quantitative estimate of drug-likeness (QED) is 0.750. The van der Waals surface area contributed by atoms with Crippen molar-refractivity contribution in [2.24, 2.45) is 0 Å². The fourth-order valence-corrected chi connectivity index (χ4v) is 3.89. The summed E-state index contributed by atoms with van der Waals surface area (Å²) in [4.78, 5) is 9.03. The van der Waals surface area contributed by atoms with Crippen molar-refractivity contribution >= 4 is 10.0 Å². The summed E-state index contributed by atoms with van der Waals surface area (Å²) < 4.78 is 26.6. The lowest BCUT2D eigenvalue weighted by Gasteiger charge is -2.31. The van der Waals surface area contributed by atoms with E-state index in [1.54, 1.807) is 6.92 Å². The highest BCUT2D eigenvalue weighted by Crippen LogP contribution is 2.21. The topological polar surface area (TPSA) is 78.1 Å². The molecule has 0 atom stereocenters. The van der Waals surface area contributed by atoms with Gasteiger partial charge in [-0.3, -0.25) is 0 Å². The molecule has 1 fully saturated rings. The van der Waals surface area contributed by atoms with Crippen LogP contribution in [0.2, 0.25) is 0 Å². The van der Waals surface area contributed by atoms with Crippen molar-refractivity contribution in [1.82, 2.24) is 19.6 Å². The SMILES string of the molecule is Cc1ncc(S(=O)(=O)NCCCN(C)C2CCCCC2)[nH]1. The Morgan fingerprint density at radius 1 is 1.38 bits per heavy atom. The predicted molar refractivity (Wildman–Crippen MR) is 82.6 cm³/mol. The summed E-state index contributed by atoms with van der Waals surface area (Å²) >= 11 is 0. The first-order valence-electron chi connectivity index (χ1n) is 7.70. The minimum Gasteiger partial charge on any atom is -0.332 e. The second kappa shape index (κ2) is 7.38. The summed E-state index contributed by atoms with van der Waals surface area (Å²) in [5, 5.41) is 0.139. The zero-order valence-corrected chi connectivity index (χ0v) is 13.7. The molecule has 2 N–H and O–H groups in total. The van der Waals surface area contributed by atoms with Crippen molar-refractivity contribution in [3.8, 4) is 0 Å². The number of imidazole rings is 1. The zero-order valence-electron chi connectivity index (χ0n) is 12.9. The molecule has 0 amide bonds. The molecule has 2 rings (SSSR count). The second-order valence-corrected chi connectivity index (χ2v) is 7.59. The molecule has 120 valence electrons. The Morgan fingerprint density at radius 2 is 2.10 bits per heavy atom. The Balaban J connectivity index is 1.71. The first-order valence-corrected chi connectivity index (χ1v) is 9.19. The van der Waals surface area contributed by atoms with Gasteiger partial charge < -0.3 is 9.88 Å². The molecule has 1 aromatic rings. The number of H-pyrrole nitrogens is 1. The van der Waals surface area contributed by atoms with Crippen LogP contribution >= 0.6 is 0 Å². The van der Waals surface area contributed by atoms with Crippen LogP contribution in [0.25, 0.3) is 0 Å². The zero-order chi connectivity index (χ0) is 15.3. The van der Waals surface area contributed by atoms with Gasteiger partial charge in [-0.15, -0.1) is 0 Å². The van der Waals surface area contributed by atoms with Gasteiger partial charge in [-0.2, -0.15) is 0 Å². The maximum atomic E-state index is 12.0. The largest absolute Gasteiger partial charge is 0.332 e. The average molecular weight is 314 g/mol. The third-order valence-electron chi connectivity index (χ3n) is 4.15. The summed E-state index contributed by atoms with van der Waals surface area (Å²) in [5.74, 6) is 0.604. The number of nitrogens with one attached hydrogen (secondary N) is 2. The lowest BCUT2D eigenvalue weighted by Crippen LogP contribution is -2.35. The van der Waals surface area contributed by atoms with E-state index in [0.717, 1.165) is 13.0 Å². The average Bonchev–Trinajstić information content (AvgIpc) is 2.92. The summed E-state index contributed by atoms with van der Waals surface area (Å²) in [5.41, 5.74) is 0. The first kappa shape index (κ1) is 16.5. The molecule has 1 aromatic heterocycles. The number of rotatable bonds is 7. The molecule has 0 spiro atoms. The molecule has 0 saturated heterocycles. The molecule has 0 unspecified atom stereocenters. The van der Waals surface area contributed by atoms with E-state index in [1.165, 1.54) is 38.3 Å². The number of aryl methyl sites for hydroxylation is 1. The van der Waals surface area contributed by atoms with Crippen LogP contribution in [0.15, 0.2) is 11.2 Å². The maximum absolute atomic E-state index is 12.0. The summed E-state index contributed by atoms with van der Waals surface area (Å²) in [7, 11) is -1.31. The number of aromatic amines is 1. The molecule has 1 saturated carbocycles. The molecule has 0 aliphatic heterocycles. The lowest BCUT2D eigenvalue weighted by atomic mass is 9.94. The van der Waals surface area contributed by atoms with E-state index in [9.17, 15) is 8.42 Å². The van der Waals surface area contributed by atoms with Gasteiger partial charge in [-0.1, -0.05) is 19.3 Å². The normalized spacial score (nSPS) is 17.5. The number of aromatic nitrogens is 2. The van der Waals surface area contributed by atoms with Crippen molar-refractivity contribution in [2.45, 2.75) is 56.5 Å². The molecular formula is C14H26N4O2S. The Kier molecular flexibility index (Phi) is 5.78. The van der Waals surface area contributed by atoms with Crippen LogP contribution in [0.3, 0.4) is 0 Å². The van der Waals surface area contributed by atoms with Crippen LogP contribution in [0.4, 0.5) is 0 Å². The van der Waals surface area contributed by atoms with Crippen molar-refractivity contribution in [3.63, 3.8) is 0 Å². The molecule has 21 heavy (non-hydrogen) atoms. The van der Waals surface area contributed by atoms with E-state index in [1.807, 2.05) is 0 Å². The number of hydrogen-bond acceptors (Lipinski definition) is 4.